The Morgan fingerprint density at radius 1 is 1.08 bits per heavy atom. The molecule has 6 rings (SSSR count). The summed E-state index contributed by atoms with van der Waals surface area (Å²) in [5.41, 5.74) is 1.05. The van der Waals surface area contributed by atoms with E-state index in [0.717, 1.165) is 38.5 Å². The average molecular weight is 538 g/mol. The molecule has 2 unspecified atom stereocenters. The molecule has 39 heavy (non-hydrogen) atoms. The molecule has 4 aliphatic rings. The number of piperazine rings is 1. The normalized spacial score (nSPS) is 27.2. The van der Waals surface area contributed by atoms with Gasteiger partial charge in [0.1, 0.15) is 11.1 Å². The molecule has 9 nitrogen and oxygen atoms in total. The molecule has 2 bridgehead atoms. The Kier molecular flexibility index (Phi) is 6.76. The molecule has 1 aliphatic carbocycles. The van der Waals surface area contributed by atoms with Crippen LogP contribution in [0, 0.1) is 0 Å². The van der Waals surface area contributed by atoms with Crippen LogP contribution in [0.15, 0.2) is 22.6 Å². The minimum Gasteiger partial charge on any atom is -0.444 e. The summed E-state index contributed by atoms with van der Waals surface area (Å²) in [5.74, 6) is -0.0709. The fourth-order valence-electron chi connectivity index (χ4n) is 7.45. The van der Waals surface area contributed by atoms with Crippen LogP contribution in [-0.2, 0) is 4.74 Å². The van der Waals surface area contributed by atoms with E-state index >= 15 is 0 Å². The molecule has 2 aromatic rings. The zero-order valence-corrected chi connectivity index (χ0v) is 23.9. The number of carbonyl (C=O) groups is 2. The standard InChI is InChI=1S/C30H43N5O4/c1-29(2,3)39-28(37)34-15-16-35(30(19-34)13-5-6-14-30)27-32-25-23(11-8-12-24(25)38-27)26(36)31-20-17-21-9-7-10-22(18-20)33(21)4/h8,11-12,20-22H,5-7,9-10,13-19H2,1-4H3,(H,31,36). The maximum Gasteiger partial charge on any atom is 0.410 e. The van der Waals surface area contributed by atoms with E-state index in [-0.39, 0.29) is 23.6 Å². The predicted molar refractivity (Wildman–Crippen MR) is 150 cm³/mol. The van der Waals surface area contributed by atoms with E-state index in [9.17, 15) is 9.59 Å². The lowest BCUT2D eigenvalue weighted by Crippen LogP contribution is -2.63. The Bertz CT molecular complexity index is 1220. The molecule has 3 aliphatic heterocycles. The Morgan fingerprint density at radius 2 is 1.79 bits per heavy atom. The van der Waals surface area contributed by atoms with E-state index in [2.05, 4.69) is 22.2 Å². The van der Waals surface area contributed by atoms with Gasteiger partial charge in [0, 0.05) is 37.8 Å². The number of hydrogen-bond donors (Lipinski definition) is 1. The predicted octanol–water partition coefficient (Wildman–Crippen LogP) is 4.94. The number of benzene rings is 1. The van der Waals surface area contributed by atoms with Crippen LogP contribution < -0.4 is 10.2 Å². The SMILES string of the molecule is CN1C2CCCC1CC(NC(=O)c1cccc3oc(N4CCN(C(=O)OC(C)(C)C)CC45CCCC5)nc13)C2. The van der Waals surface area contributed by atoms with Crippen molar-refractivity contribution in [1.82, 2.24) is 20.1 Å². The zero-order valence-electron chi connectivity index (χ0n) is 23.9. The highest BCUT2D eigenvalue weighted by molar-refractivity contribution is 6.04. The van der Waals surface area contributed by atoms with Gasteiger partial charge in [-0.3, -0.25) is 4.79 Å². The summed E-state index contributed by atoms with van der Waals surface area (Å²) in [6.45, 7) is 7.45. The molecule has 1 aromatic heterocycles. The number of hydrogen-bond acceptors (Lipinski definition) is 7. The number of para-hydroxylation sites is 1. The third kappa shape index (κ3) is 5.10. The van der Waals surface area contributed by atoms with Crippen molar-refractivity contribution in [2.24, 2.45) is 0 Å². The summed E-state index contributed by atoms with van der Waals surface area (Å²) in [5, 5.41) is 3.33. The van der Waals surface area contributed by atoms with Crippen LogP contribution in [0.3, 0.4) is 0 Å². The highest BCUT2D eigenvalue weighted by Gasteiger charge is 2.47. The maximum absolute atomic E-state index is 13.5. The van der Waals surface area contributed by atoms with E-state index in [4.69, 9.17) is 14.1 Å². The molecule has 4 heterocycles. The van der Waals surface area contributed by atoms with Gasteiger partial charge in [0.15, 0.2) is 5.58 Å². The first-order valence-corrected chi connectivity index (χ1v) is 14.8. The number of piperidine rings is 2. The van der Waals surface area contributed by atoms with Crippen LogP contribution in [-0.4, -0.2) is 82.7 Å². The van der Waals surface area contributed by atoms with Gasteiger partial charge < -0.3 is 29.2 Å². The maximum atomic E-state index is 13.5. The van der Waals surface area contributed by atoms with Gasteiger partial charge in [-0.1, -0.05) is 25.3 Å². The molecule has 0 radical (unpaired) electrons. The van der Waals surface area contributed by atoms with Crippen LogP contribution in [0.4, 0.5) is 10.8 Å². The van der Waals surface area contributed by atoms with E-state index in [0.29, 0.717) is 54.4 Å². The number of rotatable bonds is 3. The first-order valence-electron chi connectivity index (χ1n) is 14.8. The lowest BCUT2D eigenvalue weighted by atomic mass is 9.82. The van der Waals surface area contributed by atoms with Crippen molar-refractivity contribution in [2.75, 3.05) is 31.6 Å². The summed E-state index contributed by atoms with van der Waals surface area (Å²) >= 11 is 0. The van der Waals surface area contributed by atoms with Crippen molar-refractivity contribution in [3.8, 4) is 0 Å². The molecule has 1 spiro atoms. The van der Waals surface area contributed by atoms with Gasteiger partial charge in [-0.25, -0.2) is 4.79 Å². The van der Waals surface area contributed by atoms with Gasteiger partial charge in [-0.2, -0.15) is 4.98 Å². The molecule has 2 amide bonds. The Balaban J connectivity index is 1.22. The third-order valence-corrected chi connectivity index (χ3v) is 9.40. The van der Waals surface area contributed by atoms with Crippen molar-refractivity contribution >= 4 is 29.1 Å². The molecule has 2 atom stereocenters. The van der Waals surface area contributed by atoms with Crippen molar-refractivity contribution in [3.05, 3.63) is 23.8 Å². The second kappa shape index (κ2) is 9.98. The second-order valence-corrected chi connectivity index (χ2v) is 13.2. The lowest BCUT2D eigenvalue weighted by molar-refractivity contribution is 0.0159. The number of oxazole rings is 1. The third-order valence-electron chi connectivity index (χ3n) is 9.40. The van der Waals surface area contributed by atoms with E-state index in [1.165, 1.54) is 19.3 Å². The molecule has 9 heteroatoms. The van der Waals surface area contributed by atoms with Crippen molar-refractivity contribution in [1.29, 1.82) is 0 Å². The number of carbonyl (C=O) groups excluding carboxylic acids is 2. The Morgan fingerprint density at radius 3 is 2.49 bits per heavy atom. The number of aromatic nitrogens is 1. The summed E-state index contributed by atoms with van der Waals surface area (Å²) < 4.78 is 12.0. The second-order valence-electron chi connectivity index (χ2n) is 13.2. The number of anilines is 1. The number of nitrogens with zero attached hydrogens (tertiary/aromatic N) is 4. The number of amides is 2. The van der Waals surface area contributed by atoms with Gasteiger partial charge >= 0.3 is 6.09 Å². The van der Waals surface area contributed by atoms with Crippen molar-refractivity contribution < 1.29 is 18.7 Å². The Hall–Kier alpha value is -2.81. The smallest absolute Gasteiger partial charge is 0.410 e. The molecule has 212 valence electrons. The van der Waals surface area contributed by atoms with E-state index in [1.54, 1.807) is 0 Å². The average Bonchev–Trinajstić information content (AvgIpc) is 3.51. The topological polar surface area (TPSA) is 91.2 Å². The quantitative estimate of drug-likeness (QED) is 0.593. The number of fused-ring (bicyclic) bond motifs is 3. The monoisotopic (exact) mass is 537 g/mol. The fraction of sp³-hybridized carbons (Fsp3) is 0.700. The van der Waals surface area contributed by atoms with Gasteiger partial charge in [0.05, 0.1) is 11.1 Å². The van der Waals surface area contributed by atoms with Crippen LogP contribution in [0.5, 0.6) is 0 Å². The highest BCUT2D eigenvalue weighted by Crippen LogP contribution is 2.42. The van der Waals surface area contributed by atoms with Gasteiger partial charge in [-0.15, -0.1) is 0 Å². The van der Waals surface area contributed by atoms with Crippen molar-refractivity contribution in [2.45, 2.75) is 108 Å². The summed E-state index contributed by atoms with van der Waals surface area (Å²) in [6, 6.07) is 7.46. The Labute approximate surface area is 231 Å². The van der Waals surface area contributed by atoms with Crippen LogP contribution in [0.2, 0.25) is 0 Å². The fourth-order valence-corrected chi connectivity index (χ4v) is 7.45. The summed E-state index contributed by atoms with van der Waals surface area (Å²) in [4.78, 5) is 37.9. The minimum absolute atomic E-state index is 0.0709. The summed E-state index contributed by atoms with van der Waals surface area (Å²) in [6.07, 6.45) is 9.60. The van der Waals surface area contributed by atoms with Gasteiger partial charge in [0.2, 0.25) is 0 Å². The lowest BCUT2D eigenvalue weighted by Gasteiger charge is -2.48. The molecular weight excluding hydrogens is 494 g/mol. The first-order chi connectivity index (χ1) is 18.6. The van der Waals surface area contributed by atoms with Gasteiger partial charge in [-0.05, 0) is 78.5 Å². The van der Waals surface area contributed by atoms with Crippen molar-refractivity contribution in [3.63, 3.8) is 0 Å². The van der Waals surface area contributed by atoms with E-state index in [1.807, 2.05) is 43.9 Å². The zero-order chi connectivity index (χ0) is 27.4. The molecule has 4 fully saturated rings. The molecule has 1 N–H and O–H groups in total. The van der Waals surface area contributed by atoms with Gasteiger partial charge in [0.25, 0.3) is 11.9 Å². The molecule has 1 saturated carbocycles. The largest absolute Gasteiger partial charge is 0.444 e. The highest BCUT2D eigenvalue weighted by atomic mass is 16.6. The number of nitrogens with one attached hydrogen (secondary N) is 1. The molecule has 1 aromatic carbocycles. The van der Waals surface area contributed by atoms with Crippen LogP contribution in [0.25, 0.3) is 11.1 Å². The van der Waals surface area contributed by atoms with Crippen LogP contribution >= 0.6 is 0 Å². The molecular formula is C30H43N5O4. The first kappa shape index (κ1) is 26.4. The summed E-state index contributed by atoms with van der Waals surface area (Å²) in [7, 11) is 2.23. The number of ether oxygens (including phenoxy) is 1. The minimum atomic E-state index is -0.527. The van der Waals surface area contributed by atoms with E-state index < -0.39 is 5.60 Å². The molecule has 3 saturated heterocycles. The van der Waals surface area contributed by atoms with Crippen LogP contribution in [0.1, 0.15) is 88.9 Å².